The number of sulfone groups is 1. The van der Waals surface area contributed by atoms with Crippen molar-refractivity contribution in [2.45, 2.75) is 31.9 Å². The van der Waals surface area contributed by atoms with Gasteiger partial charge in [0.25, 0.3) is 0 Å². The molecule has 1 N–H and O–H groups in total. The summed E-state index contributed by atoms with van der Waals surface area (Å²) in [7, 11) is -2.81. The van der Waals surface area contributed by atoms with Crippen LogP contribution in [0.3, 0.4) is 0 Å². The number of piperidine rings is 1. The van der Waals surface area contributed by atoms with E-state index in [-0.39, 0.29) is 0 Å². The largest absolute Gasteiger partial charge is 0.387 e. The summed E-state index contributed by atoms with van der Waals surface area (Å²) < 4.78 is 23.1. The molecule has 1 aromatic rings. The lowest BCUT2D eigenvalue weighted by atomic mass is 10.0. The highest BCUT2D eigenvalue weighted by molar-refractivity contribution is 7.91. The van der Waals surface area contributed by atoms with Gasteiger partial charge in [0.15, 0.2) is 9.84 Å². The van der Waals surface area contributed by atoms with Gasteiger partial charge in [-0.05, 0) is 31.9 Å². The van der Waals surface area contributed by atoms with E-state index in [9.17, 15) is 13.5 Å². The summed E-state index contributed by atoms with van der Waals surface area (Å²) in [6, 6.07) is 6.24. The third kappa shape index (κ3) is 4.02. The molecule has 3 rings (SSSR count). The summed E-state index contributed by atoms with van der Waals surface area (Å²) in [5.74, 6) is 1.51. The standard InChI is InChI=1S/C16H25N3O3S/c1-13(20)15-3-2-4-16(17-15)19-7-5-14(6-8-19)18-9-11-23(21,22)12-10-18/h2-4,13-14,20H,5-12H2,1H3. The smallest absolute Gasteiger partial charge is 0.152 e. The monoisotopic (exact) mass is 339 g/mol. The number of aromatic nitrogens is 1. The zero-order chi connectivity index (χ0) is 16.4. The maximum atomic E-state index is 11.5. The van der Waals surface area contributed by atoms with Gasteiger partial charge in [0, 0.05) is 32.2 Å². The van der Waals surface area contributed by atoms with Gasteiger partial charge in [-0.1, -0.05) is 6.07 Å². The van der Waals surface area contributed by atoms with Gasteiger partial charge in [-0.2, -0.15) is 0 Å². The van der Waals surface area contributed by atoms with Crippen molar-refractivity contribution < 1.29 is 13.5 Å². The molecule has 2 aliphatic rings. The molecule has 0 aromatic carbocycles. The molecule has 0 radical (unpaired) electrons. The van der Waals surface area contributed by atoms with E-state index >= 15 is 0 Å². The Kier molecular flexibility index (Phi) is 4.89. The molecule has 7 heteroatoms. The minimum atomic E-state index is -2.81. The normalized spacial score (nSPS) is 24.5. The quantitative estimate of drug-likeness (QED) is 0.879. The highest BCUT2D eigenvalue weighted by Gasteiger charge is 2.29. The van der Waals surface area contributed by atoms with Crippen LogP contribution in [0.25, 0.3) is 0 Å². The fourth-order valence-corrected chi connectivity index (χ4v) is 4.63. The van der Waals surface area contributed by atoms with Gasteiger partial charge in [-0.25, -0.2) is 13.4 Å². The summed E-state index contributed by atoms with van der Waals surface area (Å²) in [6.07, 6.45) is 1.50. The summed E-state index contributed by atoms with van der Waals surface area (Å²) in [6.45, 7) is 4.91. The van der Waals surface area contributed by atoms with Crippen molar-refractivity contribution in [1.29, 1.82) is 0 Å². The number of hydrogen-bond donors (Lipinski definition) is 1. The van der Waals surface area contributed by atoms with Crippen LogP contribution in [-0.2, 0) is 9.84 Å². The Morgan fingerprint density at radius 3 is 2.43 bits per heavy atom. The summed E-state index contributed by atoms with van der Waals surface area (Å²) in [5, 5.41) is 9.66. The second kappa shape index (κ2) is 6.75. The van der Waals surface area contributed by atoms with Gasteiger partial charge in [0.2, 0.25) is 0 Å². The van der Waals surface area contributed by atoms with Crippen molar-refractivity contribution in [3.8, 4) is 0 Å². The van der Waals surface area contributed by atoms with Gasteiger partial charge in [0.1, 0.15) is 5.82 Å². The summed E-state index contributed by atoms with van der Waals surface area (Å²) >= 11 is 0. The second-order valence-corrected chi connectivity index (χ2v) is 8.81. The Bertz CT molecular complexity index is 626. The average molecular weight is 339 g/mol. The molecule has 1 aromatic heterocycles. The third-order valence-corrected chi connectivity index (χ3v) is 6.48. The fourth-order valence-electron chi connectivity index (χ4n) is 3.40. The Morgan fingerprint density at radius 1 is 1.17 bits per heavy atom. The first kappa shape index (κ1) is 16.7. The molecule has 23 heavy (non-hydrogen) atoms. The third-order valence-electron chi connectivity index (χ3n) is 4.87. The van der Waals surface area contributed by atoms with E-state index in [1.165, 1.54) is 0 Å². The first-order valence-electron chi connectivity index (χ1n) is 8.29. The predicted molar refractivity (Wildman–Crippen MR) is 90.3 cm³/mol. The minimum absolute atomic E-state index is 0.297. The van der Waals surface area contributed by atoms with Crippen LogP contribution in [0, 0.1) is 0 Å². The number of anilines is 1. The van der Waals surface area contributed by atoms with E-state index < -0.39 is 15.9 Å². The van der Waals surface area contributed by atoms with Crippen molar-refractivity contribution in [2.75, 3.05) is 42.6 Å². The van der Waals surface area contributed by atoms with E-state index in [0.29, 0.717) is 36.3 Å². The lowest BCUT2D eigenvalue weighted by molar-refractivity contribution is 0.182. The van der Waals surface area contributed by atoms with E-state index in [1.807, 2.05) is 18.2 Å². The Labute approximate surface area is 138 Å². The molecule has 1 unspecified atom stereocenters. The molecule has 128 valence electrons. The van der Waals surface area contributed by atoms with Crippen LogP contribution in [0.5, 0.6) is 0 Å². The number of pyridine rings is 1. The maximum absolute atomic E-state index is 11.5. The number of aliphatic hydroxyl groups is 1. The van der Waals surface area contributed by atoms with E-state index in [4.69, 9.17) is 0 Å². The Morgan fingerprint density at radius 2 is 1.83 bits per heavy atom. The molecule has 0 saturated carbocycles. The van der Waals surface area contributed by atoms with E-state index in [1.54, 1.807) is 6.92 Å². The number of hydrogen-bond acceptors (Lipinski definition) is 6. The number of aliphatic hydroxyl groups excluding tert-OH is 1. The summed E-state index contributed by atoms with van der Waals surface area (Å²) in [5.41, 5.74) is 0.700. The van der Waals surface area contributed by atoms with Gasteiger partial charge in [0.05, 0.1) is 23.3 Å². The Hall–Kier alpha value is -1.18. The molecular weight excluding hydrogens is 314 g/mol. The van der Waals surface area contributed by atoms with Crippen LogP contribution in [0.15, 0.2) is 18.2 Å². The van der Waals surface area contributed by atoms with Crippen molar-refractivity contribution in [3.05, 3.63) is 23.9 Å². The average Bonchev–Trinajstić information content (AvgIpc) is 2.55. The van der Waals surface area contributed by atoms with Gasteiger partial charge in [-0.3, -0.25) is 4.90 Å². The van der Waals surface area contributed by atoms with Gasteiger partial charge in [-0.15, -0.1) is 0 Å². The molecule has 0 amide bonds. The minimum Gasteiger partial charge on any atom is -0.387 e. The van der Waals surface area contributed by atoms with Crippen LogP contribution in [0.2, 0.25) is 0 Å². The zero-order valence-electron chi connectivity index (χ0n) is 13.6. The van der Waals surface area contributed by atoms with Crippen LogP contribution >= 0.6 is 0 Å². The van der Waals surface area contributed by atoms with Crippen molar-refractivity contribution in [1.82, 2.24) is 9.88 Å². The molecule has 0 spiro atoms. The molecule has 1 atom stereocenters. The van der Waals surface area contributed by atoms with E-state index in [2.05, 4.69) is 14.8 Å². The molecule has 0 bridgehead atoms. The number of nitrogens with zero attached hydrogens (tertiary/aromatic N) is 3. The summed E-state index contributed by atoms with van der Waals surface area (Å²) in [4.78, 5) is 9.12. The Balaban J connectivity index is 1.57. The first-order chi connectivity index (χ1) is 10.9. The van der Waals surface area contributed by atoms with Crippen LogP contribution < -0.4 is 4.90 Å². The zero-order valence-corrected chi connectivity index (χ0v) is 14.4. The molecule has 2 aliphatic heterocycles. The predicted octanol–water partition coefficient (Wildman–Crippen LogP) is 0.834. The van der Waals surface area contributed by atoms with E-state index in [0.717, 1.165) is 31.7 Å². The highest BCUT2D eigenvalue weighted by Crippen LogP contribution is 2.23. The van der Waals surface area contributed by atoms with Crippen molar-refractivity contribution in [2.24, 2.45) is 0 Å². The lowest BCUT2D eigenvalue weighted by Gasteiger charge is -2.40. The SMILES string of the molecule is CC(O)c1cccc(N2CCC(N3CCS(=O)(=O)CC3)CC2)n1. The van der Waals surface area contributed by atoms with Crippen molar-refractivity contribution in [3.63, 3.8) is 0 Å². The molecular formula is C16H25N3O3S. The fraction of sp³-hybridized carbons (Fsp3) is 0.688. The molecule has 0 aliphatic carbocycles. The van der Waals surface area contributed by atoms with Gasteiger partial charge < -0.3 is 10.0 Å². The van der Waals surface area contributed by atoms with Crippen LogP contribution in [-0.4, -0.2) is 67.1 Å². The second-order valence-electron chi connectivity index (χ2n) is 6.50. The van der Waals surface area contributed by atoms with Crippen LogP contribution in [0.1, 0.15) is 31.6 Å². The topological polar surface area (TPSA) is 73.7 Å². The molecule has 2 saturated heterocycles. The van der Waals surface area contributed by atoms with Crippen LogP contribution in [0.4, 0.5) is 5.82 Å². The van der Waals surface area contributed by atoms with Gasteiger partial charge >= 0.3 is 0 Å². The molecule has 6 nitrogen and oxygen atoms in total. The van der Waals surface area contributed by atoms with Crippen molar-refractivity contribution >= 4 is 15.7 Å². The molecule has 2 fully saturated rings. The lowest BCUT2D eigenvalue weighted by Crippen LogP contribution is -2.50. The highest BCUT2D eigenvalue weighted by atomic mass is 32.2. The molecule has 3 heterocycles. The first-order valence-corrected chi connectivity index (χ1v) is 10.1. The maximum Gasteiger partial charge on any atom is 0.152 e. The number of rotatable bonds is 3.